The van der Waals surface area contributed by atoms with Crippen molar-refractivity contribution in [3.05, 3.63) is 65.7 Å². The Bertz CT molecular complexity index is 987. The number of halogens is 1. The van der Waals surface area contributed by atoms with Gasteiger partial charge >= 0.3 is 0 Å². The number of fused-ring (bicyclic) bond motifs is 1. The van der Waals surface area contributed by atoms with Crippen LogP contribution < -0.4 is 5.46 Å². The number of piperidine rings is 1. The highest BCUT2D eigenvalue weighted by Gasteiger charge is 2.36. The standard InChI is InChI=1S/C23H25BFN3O/c1-16(20-13-18(24)14-21-22(20)27-10-9-26-21)29-15-23(7-11-28(2)12-8-23)17-3-5-19(25)6-4-17/h3-6,9-10,13-14,16H,7-8,11-12,15H2,1-2H3. The van der Waals surface area contributed by atoms with Gasteiger partial charge in [0, 0.05) is 23.4 Å². The van der Waals surface area contributed by atoms with E-state index in [1.54, 1.807) is 24.5 Å². The average Bonchev–Trinajstić information content (AvgIpc) is 2.73. The second-order valence-corrected chi connectivity index (χ2v) is 8.08. The molecule has 1 aliphatic rings. The van der Waals surface area contributed by atoms with Gasteiger partial charge in [-0.2, -0.15) is 0 Å². The van der Waals surface area contributed by atoms with Crippen molar-refractivity contribution in [3.8, 4) is 0 Å². The minimum atomic E-state index is -0.212. The molecule has 0 saturated carbocycles. The van der Waals surface area contributed by atoms with Gasteiger partial charge in [0.1, 0.15) is 13.7 Å². The Kier molecular flexibility index (Phi) is 5.66. The summed E-state index contributed by atoms with van der Waals surface area (Å²) < 4.78 is 19.9. The van der Waals surface area contributed by atoms with Gasteiger partial charge in [0.15, 0.2) is 0 Å². The van der Waals surface area contributed by atoms with E-state index in [2.05, 4.69) is 21.9 Å². The Morgan fingerprint density at radius 2 is 1.83 bits per heavy atom. The summed E-state index contributed by atoms with van der Waals surface area (Å²) in [5.41, 5.74) is 4.18. The maximum absolute atomic E-state index is 13.5. The molecule has 1 atom stereocenters. The molecule has 1 saturated heterocycles. The highest BCUT2D eigenvalue weighted by atomic mass is 19.1. The van der Waals surface area contributed by atoms with Crippen molar-refractivity contribution in [1.82, 2.24) is 14.9 Å². The molecule has 148 valence electrons. The van der Waals surface area contributed by atoms with E-state index in [4.69, 9.17) is 12.6 Å². The molecule has 3 aromatic rings. The molecule has 2 aromatic carbocycles. The van der Waals surface area contributed by atoms with Crippen LogP contribution in [0.4, 0.5) is 4.39 Å². The molecule has 0 bridgehead atoms. The van der Waals surface area contributed by atoms with Crippen LogP contribution in [-0.2, 0) is 10.2 Å². The number of hydrogen-bond acceptors (Lipinski definition) is 4. The molecule has 29 heavy (non-hydrogen) atoms. The largest absolute Gasteiger partial charge is 0.373 e. The number of ether oxygens (including phenoxy) is 1. The zero-order valence-corrected chi connectivity index (χ0v) is 16.9. The van der Waals surface area contributed by atoms with Gasteiger partial charge in [0.05, 0.1) is 23.7 Å². The molecule has 4 nitrogen and oxygen atoms in total. The lowest BCUT2D eigenvalue weighted by molar-refractivity contribution is 0.00699. The van der Waals surface area contributed by atoms with Crippen LogP contribution >= 0.6 is 0 Å². The summed E-state index contributed by atoms with van der Waals surface area (Å²) in [7, 11) is 8.22. The van der Waals surface area contributed by atoms with Crippen LogP contribution in [0.25, 0.3) is 11.0 Å². The van der Waals surface area contributed by atoms with Crippen molar-refractivity contribution in [1.29, 1.82) is 0 Å². The first-order valence-electron chi connectivity index (χ1n) is 10.0. The van der Waals surface area contributed by atoms with E-state index in [-0.39, 0.29) is 17.3 Å². The summed E-state index contributed by atoms with van der Waals surface area (Å²) >= 11 is 0. The second kappa shape index (κ2) is 8.21. The third-order valence-electron chi connectivity index (χ3n) is 6.07. The predicted molar refractivity (Wildman–Crippen MR) is 114 cm³/mol. The van der Waals surface area contributed by atoms with Gasteiger partial charge in [0.2, 0.25) is 0 Å². The van der Waals surface area contributed by atoms with E-state index < -0.39 is 0 Å². The molecule has 0 N–H and O–H groups in total. The van der Waals surface area contributed by atoms with Gasteiger partial charge in [-0.3, -0.25) is 9.97 Å². The van der Waals surface area contributed by atoms with Crippen LogP contribution in [0.1, 0.15) is 37.0 Å². The highest BCUT2D eigenvalue weighted by molar-refractivity contribution is 6.33. The molecule has 1 aliphatic heterocycles. The van der Waals surface area contributed by atoms with E-state index in [1.165, 1.54) is 0 Å². The number of aromatic nitrogens is 2. The van der Waals surface area contributed by atoms with Crippen LogP contribution in [0.15, 0.2) is 48.8 Å². The molecular weight excluding hydrogens is 364 g/mol. The Labute approximate surface area is 172 Å². The third kappa shape index (κ3) is 4.19. The Morgan fingerprint density at radius 1 is 1.14 bits per heavy atom. The topological polar surface area (TPSA) is 38.2 Å². The normalized spacial score (nSPS) is 18.0. The summed E-state index contributed by atoms with van der Waals surface area (Å²) in [6.07, 6.45) is 5.11. The fourth-order valence-corrected chi connectivity index (χ4v) is 4.17. The van der Waals surface area contributed by atoms with E-state index in [9.17, 15) is 4.39 Å². The van der Waals surface area contributed by atoms with Crippen LogP contribution in [0.5, 0.6) is 0 Å². The number of nitrogens with zero attached hydrogens (tertiary/aromatic N) is 3. The number of rotatable bonds is 5. The average molecular weight is 389 g/mol. The molecule has 1 unspecified atom stereocenters. The monoisotopic (exact) mass is 389 g/mol. The molecule has 1 fully saturated rings. The maximum atomic E-state index is 13.5. The van der Waals surface area contributed by atoms with E-state index in [1.807, 2.05) is 31.2 Å². The molecule has 0 aliphatic carbocycles. The first-order chi connectivity index (χ1) is 14.0. The van der Waals surface area contributed by atoms with Gasteiger partial charge in [0.25, 0.3) is 0 Å². The van der Waals surface area contributed by atoms with E-state index in [0.717, 1.165) is 48.1 Å². The summed E-state index contributed by atoms with van der Waals surface area (Å²) in [5, 5.41) is 0. The number of benzene rings is 2. The smallest absolute Gasteiger partial charge is 0.123 e. The molecule has 1 aromatic heterocycles. The van der Waals surface area contributed by atoms with Crippen molar-refractivity contribution in [2.75, 3.05) is 26.7 Å². The van der Waals surface area contributed by atoms with Crippen LogP contribution in [0.3, 0.4) is 0 Å². The Hall–Kier alpha value is -2.31. The van der Waals surface area contributed by atoms with Gasteiger partial charge in [-0.25, -0.2) is 4.39 Å². The molecule has 4 rings (SSSR count). The third-order valence-corrected chi connectivity index (χ3v) is 6.07. The van der Waals surface area contributed by atoms with Crippen LogP contribution in [-0.4, -0.2) is 49.5 Å². The fourth-order valence-electron chi connectivity index (χ4n) is 4.17. The first-order valence-corrected chi connectivity index (χ1v) is 10.0. The number of hydrogen-bond donors (Lipinski definition) is 0. The lowest BCUT2D eigenvalue weighted by Crippen LogP contribution is -2.44. The van der Waals surface area contributed by atoms with Crippen molar-refractivity contribution < 1.29 is 9.13 Å². The van der Waals surface area contributed by atoms with Crippen molar-refractivity contribution in [2.24, 2.45) is 0 Å². The maximum Gasteiger partial charge on any atom is 0.123 e. The van der Waals surface area contributed by atoms with Gasteiger partial charge in [-0.05, 0) is 63.7 Å². The lowest BCUT2D eigenvalue weighted by atomic mass is 9.73. The Morgan fingerprint density at radius 3 is 2.55 bits per heavy atom. The minimum absolute atomic E-state index is 0.129. The quantitative estimate of drug-likeness (QED) is 0.628. The first kappa shape index (κ1) is 20.0. The fraction of sp³-hybridized carbons (Fsp3) is 0.391. The zero-order chi connectivity index (χ0) is 20.4. The van der Waals surface area contributed by atoms with Crippen molar-refractivity contribution >= 4 is 24.3 Å². The van der Waals surface area contributed by atoms with Gasteiger partial charge in [-0.15, -0.1) is 0 Å². The Balaban J connectivity index is 1.60. The number of likely N-dealkylation sites (tertiary alicyclic amines) is 1. The van der Waals surface area contributed by atoms with Crippen LogP contribution in [0.2, 0.25) is 0 Å². The summed E-state index contributed by atoms with van der Waals surface area (Å²) in [4.78, 5) is 11.2. The highest BCUT2D eigenvalue weighted by Crippen LogP contribution is 2.37. The molecule has 2 heterocycles. The zero-order valence-electron chi connectivity index (χ0n) is 16.9. The molecule has 0 amide bonds. The molecule has 6 heteroatoms. The van der Waals surface area contributed by atoms with E-state index >= 15 is 0 Å². The SMILES string of the molecule is [B]c1cc(C(C)OCC2(c3ccc(F)cc3)CCN(C)CC2)c2nccnc2c1. The van der Waals surface area contributed by atoms with Gasteiger partial charge < -0.3 is 9.64 Å². The minimum Gasteiger partial charge on any atom is -0.373 e. The van der Waals surface area contributed by atoms with E-state index in [0.29, 0.717) is 12.1 Å². The predicted octanol–water partition coefficient (Wildman–Crippen LogP) is 3.30. The molecule has 2 radical (unpaired) electrons. The summed E-state index contributed by atoms with van der Waals surface area (Å²) in [6.45, 7) is 4.56. The van der Waals surface area contributed by atoms with Crippen molar-refractivity contribution in [3.63, 3.8) is 0 Å². The molecular formula is C23H25BFN3O. The van der Waals surface area contributed by atoms with Gasteiger partial charge in [-0.1, -0.05) is 23.7 Å². The molecule has 0 spiro atoms. The van der Waals surface area contributed by atoms with Crippen LogP contribution in [0, 0.1) is 5.82 Å². The summed E-state index contributed by atoms with van der Waals surface area (Å²) in [6, 6.07) is 10.6. The summed E-state index contributed by atoms with van der Waals surface area (Å²) in [5.74, 6) is -0.212. The second-order valence-electron chi connectivity index (χ2n) is 8.08. The lowest BCUT2D eigenvalue weighted by Gasteiger charge is -2.41. The van der Waals surface area contributed by atoms with Crippen molar-refractivity contribution in [2.45, 2.75) is 31.3 Å².